The molecule has 14 heavy (non-hydrogen) atoms. The molecular weight excluding hydrogens is 202 g/mol. The third-order valence-corrected chi connectivity index (χ3v) is 3.98. The van der Waals surface area contributed by atoms with Gasteiger partial charge in [0.1, 0.15) is 6.10 Å². The number of amides is 1. The molecule has 2 heterocycles. The lowest BCUT2D eigenvalue weighted by Crippen LogP contribution is -2.31. The summed E-state index contributed by atoms with van der Waals surface area (Å²) in [5.74, 6) is 1.21. The van der Waals surface area contributed by atoms with E-state index < -0.39 is 0 Å². The molecule has 0 spiro atoms. The van der Waals surface area contributed by atoms with Gasteiger partial charge in [0.2, 0.25) is 0 Å². The highest BCUT2D eigenvalue weighted by Crippen LogP contribution is 2.27. The van der Waals surface area contributed by atoms with Crippen LogP contribution in [0.2, 0.25) is 0 Å². The van der Waals surface area contributed by atoms with Crippen molar-refractivity contribution < 1.29 is 14.6 Å². The number of carbonyl (C=O) groups is 1. The van der Waals surface area contributed by atoms with Crippen LogP contribution in [0, 0.1) is 0 Å². The van der Waals surface area contributed by atoms with Crippen molar-refractivity contribution in [3.8, 4) is 0 Å². The lowest BCUT2D eigenvalue weighted by Gasteiger charge is -2.16. The third-order valence-electron chi connectivity index (χ3n) is 2.60. The summed E-state index contributed by atoms with van der Waals surface area (Å²) in [7, 11) is 0. The first-order chi connectivity index (χ1) is 6.79. The first-order valence-electron chi connectivity index (χ1n) is 4.97. The zero-order valence-corrected chi connectivity index (χ0v) is 8.83. The van der Waals surface area contributed by atoms with Crippen molar-refractivity contribution in [1.29, 1.82) is 0 Å². The summed E-state index contributed by atoms with van der Waals surface area (Å²) in [5, 5.41) is 9.42. The standard InChI is InChI=1S/C9H15NO3S/c11-6-7-4-10(9(12)13-7)5-8-2-1-3-14-8/h7-8,11H,1-6H2/t7-,8?/m1/s1. The molecule has 0 aliphatic carbocycles. The van der Waals surface area contributed by atoms with Gasteiger partial charge in [-0.2, -0.15) is 11.8 Å². The maximum Gasteiger partial charge on any atom is 0.410 e. The smallest absolute Gasteiger partial charge is 0.410 e. The van der Waals surface area contributed by atoms with E-state index in [9.17, 15) is 4.79 Å². The fourth-order valence-electron chi connectivity index (χ4n) is 1.85. The van der Waals surface area contributed by atoms with E-state index >= 15 is 0 Å². The van der Waals surface area contributed by atoms with E-state index in [1.54, 1.807) is 4.90 Å². The Morgan fingerprint density at radius 1 is 1.64 bits per heavy atom. The summed E-state index contributed by atoms with van der Waals surface area (Å²) >= 11 is 1.93. The zero-order chi connectivity index (χ0) is 9.97. The van der Waals surface area contributed by atoms with E-state index in [1.165, 1.54) is 18.6 Å². The summed E-state index contributed by atoms with van der Waals surface area (Å²) in [6.45, 7) is 1.26. The number of hydrogen-bond donors (Lipinski definition) is 1. The van der Waals surface area contributed by atoms with Crippen LogP contribution >= 0.6 is 11.8 Å². The highest BCUT2D eigenvalue weighted by Gasteiger charge is 2.32. The number of aliphatic hydroxyl groups is 1. The minimum Gasteiger partial charge on any atom is -0.442 e. The van der Waals surface area contributed by atoms with E-state index in [-0.39, 0.29) is 18.8 Å². The Labute approximate surface area is 87.6 Å². The minimum atomic E-state index is -0.311. The molecule has 4 nitrogen and oxygen atoms in total. The summed E-state index contributed by atoms with van der Waals surface area (Å²) in [6, 6.07) is 0. The fourth-order valence-corrected chi connectivity index (χ4v) is 3.14. The number of cyclic esters (lactones) is 1. The van der Waals surface area contributed by atoms with Crippen LogP contribution in [-0.4, -0.2) is 52.9 Å². The third kappa shape index (κ3) is 2.15. The van der Waals surface area contributed by atoms with E-state index in [4.69, 9.17) is 9.84 Å². The van der Waals surface area contributed by atoms with Gasteiger partial charge in [-0.1, -0.05) is 0 Å². The topological polar surface area (TPSA) is 49.8 Å². The maximum atomic E-state index is 11.3. The SMILES string of the molecule is O=C1O[C@@H](CO)CN1CC1CCCS1. The summed E-state index contributed by atoms with van der Waals surface area (Å²) in [4.78, 5) is 13.0. The quantitative estimate of drug-likeness (QED) is 0.756. The van der Waals surface area contributed by atoms with Crippen LogP contribution in [0.4, 0.5) is 4.79 Å². The van der Waals surface area contributed by atoms with Crippen LogP contribution in [-0.2, 0) is 4.74 Å². The Bertz CT molecular complexity index is 218. The molecule has 2 aliphatic heterocycles. The van der Waals surface area contributed by atoms with Gasteiger partial charge >= 0.3 is 6.09 Å². The predicted molar refractivity (Wildman–Crippen MR) is 54.4 cm³/mol. The highest BCUT2D eigenvalue weighted by atomic mass is 32.2. The van der Waals surface area contributed by atoms with Crippen molar-refractivity contribution in [1.82, 2.24) is 4.90 Å². The Kier molecular flexibility index (Phi) is 3.18. The number of hydrogen-bond acceptors (Lipinski definition) is 4. The Morgan fingerprint density at radius 2 is 2.50 bits per heavy atom. The van der Waals surface area contributed by atoms with Crippen LogP contribution in [0.5, 0.6) is 0 Å². The van der Waals surface area contributed by atoms with Crippen molar-refractivity contribution in [2.75, 3.05) is 25.4 Å². The zero-order valence-electron chi connectivity index (χ0n) is 8.02. The van der Waals surface area contributed by atoms with E-state index in [2.05, 4.69) is 0 Å². The number of rotatable bonds is 3. The average molecular weight is 217 g/mol. The second-order valence-electron chi connectivity index (χ2n) is 3.73. The molecule has 1 N–H and O–H groups in total. The number of ether oxygens (including phenoxy) is 1. The van der Waals surface area contributed by atoms with Gasteiger partial charge in [0.25, 0.3) is 0 Å². The molecule has 2 aliphatic rings. The van der Waals surface area contributed by atoms with Crippen molar-refractivity contribution in [3.63, 3.8) is 0 Å². The molecule has 80 valence electrons. The maximum absolute atomic E-state index is 11.3. The summed E-state index contributed by atoms with van der Waals surface area (Å²) < 4.78 is 4.96. The highest BCUT2D eigenvalue weighted by molar-refractivity contribution is 8.00. The molecule has 2 atom stereocenters. The van der Waals surface area contributed by atoms with Crippen LogP contribution in [0.15, 0.2) is 0 Å². The van der Waals surface area contributed by atoms with Gasteiger partial charge in [0.15, 0.2) is 0 Å². The van der Waals surface area contributed by atoms with Gasteiger partial charge in [0.05, 0.1) is 13.2 Å². The van der Waals surface area contributed by atoms with Gasteiger partial charge in [-0.3, -0.25) is 0 Å². The first-order valence-corrected chi connectivity index (χ1v) is 6.02. The molecule has 0 saturated carbocycles. The normalized spacial score (nSPS) is 32.4. The van der Waals surface area contributed by atoms with Crippen molar-refractivity contribution in [3.05, 3.63) is 0 Å². The second-order valence-corrected chi connectivity index (χ2v) is 5.14. The molecule has 5 heteroatoms. The van der Waals surface area contributed by atoms with Crippen molar-refractivity contribution >= 4 is 17.9 Å². The number of carbonyl (C=O) groups excluding carboxylic acids is 1. The number of aliphatic hydroxyl groups excluding tert-OH is 1. The van der Waals surface area contributed by atoms with E-state index in [1.807, 2.05) is 11.8 Å². The predicted octanol–water partition coefficient (Wildman–Crippen LogP) is 0.695. The monoisotopic (exact) mass is 217 g/mol. The molecule has 0 aromatic rings. The molecule has 2 rings (SSSR count). The van der Waals surface area contributed by atoms with Gasteiger partial charge in [0, 0.05) is 11.8 Å². The molecule has 0 aromatic heterocycles. The van der Waals surface area contributed by atoms with Crippen LogP contribution in [0.25, 0.3) is 0 Å². The number of thioether (sulfide) groups is 1. The van der Waals surface area contributed by atoms with Gasteiger partial charge in [-0.05, 0) is 18.6 Å². The van der Waals surface area contributed by atoms with Crippen molar-refractivity contribution in [2.45, 2.75) is 24.2 Å². The Balaban J connectivity index is 1.82. The van der Waals surface area contributed by atoms with Crippen LogP contribution in [0.1, 0.15) is 12.8 Å². The molecule has 2 saturated heterocycles. The fraction of sp³-hybridized carbons (Fsp3) is 0.889. The molecular formula is C9H15NO3S. The van der Waals surface area contributed by atoms with E-state index in [0.717, 1.165) is 6.54 Å². The largest absolute Gasteiger partial charge is 0.442 e. The number of nitrogens with zero attached hydrogens (tertiary/aromatic N) is 1. The van der Waals surface area contributed by atoms with Crippen molar-refractivity contribution in [2.24, 2.45) is 0 Å². The average Bonchev–Trinajstić information content (AvgIpc) is 2.78. The molecule has 1 amide bonds. The van der Waals surface area contributed by atoms with E-state index in [0.29, 0.717) is 11.8 Å². The van der Waals surface area contributed by atoms with Crippen LogP contribution < -0.4 is 0 Å². The molecule has 0 bridgehead atoms. The lowest BCUT2D eigenvalue weighted by atomic mass is 10.2. The summed E-state index contributed by atoms with van der Waals surface area (Å²) in [6.07, 6.45) is 1.87. The molecule has 2 fully saturated rings. The molecule has 1 unspecified atom stereocenters. The first kappa shape index (κ1) is 10.1. The minimum absolute atomic E-state index is 0.0694. The molecule has 0 radical (unpaired) electrons. The van der Waals surface area contributed by atoms with Crippen LogP contribution in [0.3, 0.4) is 0 Å². The van der Waals surface area contributed by atoms with Gasteiger partial charge < -0.3 is 14.7 Å². The Hall–Kier alpha value is -0.420. The second kappa shape index (κ2) is 4.40. The van der Waals surface area contributed by atoms with Gasteiger partial charge in [-0.25, -0.2) is 4.79 Å². The van der Waals surface area contributed by atoms with Gasteiger partial charge in [-0.15, -0.1) is 0 Å². The summed E-state index contributed by atoms with van der Waals surface area (Å²) in [5.41, 5.74) is 0. The Morgan fingerprint density at radius 3 is 3.07 bits per heavy atom. The lowest BCUT2D eigenvalue weighted by molar-refractivity contribution is 0.0948. The molecule has 0 aromatic carbocycles.